The summed E-state index contributed by atoms with van der Waals surface area (Å²) in [6.07, 6.45) is 0.908. The quantitative estimate of drug-likeness (QED) is 0.165. The molecule has 4 rings (SSSR count). The Morgan fingerprint density at radius 1 is 0.467 bits per heavy atom. The molecule has 0 amide bonds. The van der Waals surface area contributed by atoms with Gasteiger partial charge in [-0.3, -0.25) is 0 Å². The first-order valence-electron chi connectivity index (χ1n) is 9.96. The van der Waals surface area contributed by atoms with Crippen molar-refractivity contribution in [3.8, 4) is 0 Å². The van der Waals surface area contributed by atoms with Gasteiger partial charge in [-0.05, 0) is 42.5 Å². The molecule has 0 unspecified atom stereocenters. The maximum atomic E-state index is 4.46. The van der Waals surface area contributed by atoms with E-state index in [2.05, 4.69) is 128 Å². The van der Waals surface area contributed by atoms with Gasteiger partial charge in [-0.1, -0.05) is 121 Å². The van der Waals surface area contributed by atoms with Crippen LogP contribution in [-0.2, 0) is 20.4 Å². The molecule has 0 bridgehead atoms. The Morgan fingerprint density at radius 2 is 0.700 bits per heavy atom. The molecule has 4 aromatic rings. The summed E-state index contributed by atoms with van der Waals surface area (Å²) < 4.78 is 0. The third-order valence-electron chi connectivity index (χ3n) is 4.99. The Bertz CT molecular complexity index is 830. The molecule has 0 nitrogen and oxygen atoms in total. The molecule has 30 heavy (non-hydrogen) atoms. The Hall–Kier alpha value is -1.60. The fourth-order valence-corrected chi connectivity index (χ4v) is 10.7. The Morgan fingerprint density at radius 3 is 0.900 bits per heavy atom. The molecule has 0 saturated heterocycles. The van der Waals surface area contributed by atoms with Crippen molar-refractivity contribution in [2.45, 2.75) is 11.8 Å². The zero-order valence-electron chi connectivity index (χ0n) is 16.7. The summed E-state index contributed by atoms with van der Waals surface area (Å²) in [4.78, 5) is 0. The van der Waals surface area contributed by atoms with Crippen LogP contribution in [-0.4, -0.2) is 5.40 Å². The average Bonchev–Trinajstić information content (AvgIpc) is 2.81. The Kier molecular flexibility index (Phi) is 9.00. The molecule has 0 aliphatic rings. The van der Waals surface area contributed by atoms with Crippen LogP contribution in [0, 0.1) is 6.92 Å². The van der Waals surface area contributed by atoms with Crippen molar-refractivity contribution < 1.29 is 20.4 Å². The van der Waals surface area contributed by atoms with E-state index in [1.54, 1.807) is 0 Å². The van der Waals surface area contributed by atoms with Crippen molar-refractivity contribution >= 4 is 37.1 Å². The normalized spacial score (nSPS) is 10.9. The summed E-state index contributed by atoms with van der Waals surface area (Å²) in [5.74, 6) is 0. The van der Waals surface area contributed by atoms with Gasteiger partial charge < -0.3 is 6.92 Å². The van der Waals surface area contributed by atoms with E-state index in [4.69, 9.17) is 0 Å². The zero-order valence-corrected chi connectivity index (χ0v) is 20.1. The van der Waals surface area contributed by atoms with Gasteiger partial charge in [0.2, 0.25) is 0 Å². The zero-order chi connectivity index (χ0) is 19.9. The fraction of sp³-hybridized carbons (Fsp3) is 0.0741. The van der Waals surface area contributed by atoms with E-state index in [1.165, 1.54) is 21.2 Å². The maximum absolute atomic E-state index is 4.46. The summed E-state index contributed by atoms with van der Waals surface area (Å²) in [5.41, 5.74) is 0. The first kappa shape index (κ1) is 23.1. The Labute approximate surface area is 196 Å². The van der Waals surface area contributed by atoms with Gasteiger partial charge in [0.05, 0.1) is 0 Å². The number of hydrogen-bond donors (Lipinski definition) is 0. The summed E-state index contributed by atoms with van der Waals surface area (Å²) in [7, 11) is -1.07. The van der Waals surface area contributed by atoms with Gasteiger partial charge in [0, 0.05) is 20.4 Å². The van der Waals surface area contributed by atoms with Crippen LogP contribution in [0.5, 0.6) is 0 Å². The van der Waals surface area contributed by atoms with Crippen molar-refractivity contribution in [2.24, 2.45) is 0 Å². The standard InChI is InChI=1S/C27H25P2.Pd/c1-2-27(28(23-15-7-3-8-16-23)24-17-9-4-10-18-24)29(25-19-11-5-12-20-25)26-21-13-6-14-22-26;/h3-22,27H,1-2H2;/q-1;. The van der Waals surface area contributed by atoms with E-state index in [1.807, 2.05) is 0 Å². The molecule has 0 aliphatic carbocycles. The van der Waals surface area contributed by atoms with Crippen LogP contribution in [0.3, 0.4) is 0 Å². The summed E-state index contributed by atoms with van der Waals surface area (Å²) in [6, 6.07) is 44.2. The SMILES string of the molecule is [CH2-]CC(P(c1ccccc1)c1ccccc1)P(c1ccccc1)c1ccccc1.[Pd]. The molecular weight excluding hydrogens is 493 g/mol. The summed E-state index contributed by atoms with van der Waals surface area (Å²) in [6.45, 7) is 4.46. The van der Waals surface area contributed by atoms with Crippen molar-refractivity contribution in [1.29, 1.82) is 0 Å². The van der Waals surface area contributed by atoms with E-state index in [0.717, 1.165) is 6.42 Å². The van der Waals surface area contributed by atoms with Crippen LogP contribution < -0.4 is 21.2 Å². The molecule has 4 aromatic carbocycles. The fourth-order valence-electron chi connectivity index (χ4n) is 3.71. The molecule has 0 aliphatic heterocycles. The maximum Gasteiger partial charge on any atom is 0 e. The monoisotopic (exact) mass is 517 g/mol. The molecule has 0 radical (unpaired) electrons. The molecular formula is C27H25P2Pd-. The van der Waals surface area contributed by atoms with Crippen molar-refractivity contribution in [3.05, 3.63) is 128 Å². The van der Waals surface area contributed by atoms with Crippen LogP contribution in [0.2, 0.25) is 0 Å². The molecule has 0 fully saturated rings. The topological polar surface area (TPSA) is 0 Å². The number of benzene rings is 4. The van der Waals surface area contributed by atoms with E-state index in [-0.39, 0.29) is 20.4 Å². The third kappa shape index (κ3) is 5.36. The smallest absolute Gasteiger partial charge is 0 e. The molecule has 0 atom stereocenters. The van der Waals surface area contributed by atoms with Crippen LogP contribution >= 0.6 is 15.8 Å². The van der Waals surface area contributed by atoms with E-state index < -0.39 is 15.8 Å². The van der Waals surface area contributed by atoms with Gasteiger partial charge in [0.25, 0.3) is 0 Å². The van der Waals surface area contributed by atoms with Gasteiger partial charge in [0.1, 0.15) is 0 Å². The first-order valence-corrected chi connectivity index (χ1v) is 12.8. The van der Waals surface area contributed by atoms with Crippen LogP contribution in [0.15, 0.2) is 121 Å². The molecule has 0 N–H and O–H groups in total. The van der Waals surface area contributed by atoms with Crippen LogP contribution in [0.1, 0.15) is 6.42 Å². The number of hydrogen-bond acceptors (Lipinski definition) is 0. The van der Waals surface area contributed by atoms with Crippen molar-refractivity contribution in [1.82, 2.24) is 0 Å². The van der Waals surface area contributed by atoms with E-state index >= 15 is 0 Å². The minimum absolute atomic E-state index is 0. The summed E-state index contributed by atoms with van der Waals surface area (Å²) >= 11 is 0. The molecule has 0 aromatic heterocycles. The largest absolute Gasteiger partial charge is 0.342 e. The predicted octanol–water partition coefficient (Wildman–Crippen LogP) is 5.80. The van der Waals surface area contributed by atoms with Crippen molar-refractivity contribution in [2.75, 3.05) is 0 Å². The second-order valence-corrected chi connectivity index (χ2v) is 12.1. The molecule has 0 heterocycles. The van der Waals surface area contributed by atoms with Gasteiger partial charge >= 0.3 is 0 Å². The van der Waals surface area contributed by atoms with E-state index in [0.29, 0.717) is 5.40 Å². The van der Waals surface area contributed by atoms with E-state index in [9.17, 15) is 0 Å². The summed E-state index contributed by atoms with van der Waals surface area (Å²) in [5, 5.41) is 6.20. The minimum Gasteiger partial charge on any atom is -0.342 e. The van der Waals surface area contributed by atoms with Crippen LogP contribution in [0.4, 0.5) is 0 Å². The second kappa shape index (κ2) is 11.7. The second-order valence-electron chi connectivity index (χ2n) is 6.85. The van der Waals surface area contributed by atoms with Gasteiger partial charge in [-0.25, -0.2) is 0 Å². The predicted molar refractivity (Wildman–Crippen MR) is 132 cm³/mol. The van der Waals surface area contributed by atoms with Crippen LogP contribution in [0.25, 0.3) is 0 Å². The number of rotatable bonds is 7. The first-order chi connectivity index (χ1) is 14.4. The molecule has 3 heteroatoms. The third-order valence-corrected chi connectivity index (χ3v) is 11.5. The average molecular weight is 518 g/mol. The van der Waals surface area contributed by atoms with Crippen molar-refractivity contribution in [3.63, 3.8) is 0 Å². The van der Waals surface area contributed by atoms with Gasteiger partial charge in [0.15, 0.2) is 0 Å². The Balaban J connectivity index is 0.00000256. The molecule has 0 saturated carbocycles. The molecule has 154 valence electrons. The van der Waals surface area contributed by atoms with Gasteiger partial charge in [-0.2, -0.15) is 6.42 Å². The van der Waals surface area contributed by atoms with Gasteiger partial charge in [-0.15, -0.1) is 0 Å². The minimum atomic E-state index is -0.535. The molecule has 0 spiro atoms.